The summed E-state index contributed by atoms with van der Waals surface area (Å²) in [6.45, 7) is 2.81. The van der Waals surface area contributed by atoms with Gasteiger partial charge in [-0.2, -0.15) is 18.3 Å². The molecule has 8 heteroatoms. The van der Waals surface area contributed by atoms with Gasteiger partial charge in [0.05, 0.1) is 0 Å². The molecular formula is C19H21F3N4O. The lowest BCUT2D eigenvalue weighted by Crippen LogP contribution is -2.43. The van der Waals surface area contributed by atoms with E-state index in [4.69, 9.17) is 0 Å². The number of nitrogens with one attached hydrogen (secondary N) is 1. The van der Waals surface area contributed by atoms with Crippen molar-refractivity contribution in [3.63, 3.8) is 0 Å². The SMILES string of the molecule is O=C(c1cc(C(F)(F)F)[nH]n1)N1C[C@@H]2CC[C@H](C1)N(Cc1ccccc1)C2. The molecular weight excluding hydrogens is 357 g/mol. The minimum absolute atomic E-state index is 0.168. The molecule has 1 aromatic heterocycles. The Bertz CT molecular complexity index is 805. The van der Waals surface area contributed by atoms with Gasteiger partial charge in [0, 0.05) is 38.3 Å². The van der Waals surface area contributed by atoms with Crippen molar-refractivity contribution in [1.29, 1.82) is 0 Å². The first-order chi connectivity index (χ1) is 12.9. The number of hydrogen-bond donors (Lipinski definition) is 1. The van der Waals surface area contributed by atoms with Crippen LogP contribution < -0.4 is 0 Å². The van der Waals surface area contributed by atoms with Gasteiger partial charge in [0.25, 0.3) is 5.91 Å². The third-order valence-electron chi connectivity index (χ3n) is 5.45. The molecule has 3 fully saturated rings. The molecule has 3 saturated heterocycles. The van der Waals surface area contributed by atoms with Gasteiger partial charge in [0.1, 0.15) is 5.69 Å². The van der Waals surface area contributed by atoms with Gasteiger partial charge in [-0.3, -0.25) is 14.8 Å². The van der Waals surface area contributed by atoms with Crippen molar-refractivity contribution in [2.24, 2.45) is 5.92 Å². The summed E-state index contributed by atoms with van der Waals surface area (Å²) in [4.78, 5) is 16.8. The Morgan fingerprint density at radius 2 is 1.93 bits per heavy atom. The van der Waals surface area contributed by atoms with E-state index in [1.165, 1.54) is 5.56 Å². The average Bonchev–Trinajstić information content (AvgIpc) is 2.98. The third kappa shape index (κ3) is 3.85. The van der Waals surface area contributed by atoms with Crippen molar-refractivity contribution in [2.45, 2.75) is 31.6 Å². The van der Waals surface area contributed by atoms with Crippen LogP contribution in [0.15, 0.2) is 36.4 Å². The van der Waals surface area contributed by atoms with Crippen molar-refractivity contribution in [3.8, 4) is 0 Å². The van der Waals surface area contributed by atoms with E-state index in [0.29, 0.717) is 19.0 Å². The van der Waals surface area contributed by atoms with E-state index in [-0.39, 0.29) is 11.7 Å². The predicted octanol–water partition coefficient (Wildman–Crippen LogP) is 3.17. The first kappa shape index (κ1) is 18.0. The van der Waals surface area contributed by atoms with E-state index in [9.17, 15) is 18.0 Å². The zero-order chi connectivity index (χ0) is 19.0. The lowest BCUT2D eigenvalue weighted by atomic mass is 9.94. The Balaban J connectivity index is 1.48. The minimum Gasteiger partial charge on any atom is -0.335 e. The molecule has 3 aliphatic rings. The molecule has 1 aromatic carbocycles. The highest BCUT2D eigenvalue weighted by molar-refractivity contribution is 5.92. The Hall–Kier alpha value is -2.35. The fourth-order valence-electron chi connectivity index (χ4n) is 4.09. The second kappa shape index (κ2) is 6.99. The quantitative estimate of drug-likeness (QED) is 0.893. The lowest BCUT2D eigenvalue weighted by molar-refractivity contribution is -0.141. The molecule has 0 radical (unpaired) electrons. The Morgan fingerprint density at radius 1 is 1.15 bits per heavy atom. The number of alkyl halides is 3. The fourth-order valence-corrected chi connectivity index (χ4v) is 4.09. The minimum atomic E-state index is -4.53. The van der Waals surface area contributed by atoms with Crippen LogP contribution in [0.25, 0.3) is 0 Å². The average molecular weight is 378 g/mol. The number of amides is 1. The predicted molar refractivity (Wildman–Crippen MR) is 92.9 cm³/mol. The van der Waals surface area contributed by atoms with Crippen molar-refractivity contribution >= 4 is 5.91 Å². The van der Waals surface area contributed by atoms with Gasteiger partial charge in [-0.1, -0.05) is 30.3 Å². The van der Waals surface area contributed by atoms with E-state index in [1.54, 1.807) is 4.90 Å². The van der Waals surface area contributed by atoms with Gasteiger partial charge in [-0.05, 0) is 24.3 Å². The number of aromatic nitrogens is 2. The molecule has 2 atom stereocenters. The van der Waals surface area contributed by atoms with Crippen LogP contribution in [0, 0.1) is 5.92 Å². The summed E-state index contributed by atoms with van der Waals surface area (Å²) in [5.41, 5.74) is 0.0672. The number of H-pyrrole nitrogens is 1. The maximum atomic E-state index is 12.8. The molecule has 0 aliphatic carbocycles. The molecule has 2 bridgehead atoms. The highest BCUT2D eigenvalue weighted by Crippen LogP contribution is 2.31. The van der Waals surface area contributed by atoms with Crippen LogP contribution in [0.2, 0.25) is 0 Å². The van der Waals surface area contributed by atoms with Gasteiger partial charge < -0.3 is 4.90 Å². The molecule has 0 spiro atoms. The summed E-state index contributed by atoms with van der Waals surface area (Å²) in [6, 6.07) is 11.2. The molecule has 5 nitrogen and oxygen atoms in total. The summed E-state index contributed by atoms with van der Waals surface area (Å²) < 4.78 is 38.3. The second-order valence-electron chi connectivity index (χ2n) is 7.39. The second-order valence-corrected chi connectivity index (χ2v) is 7.39. The van der Waals surface area contributed by atoms with E-state index in [1.807, 2.05) is 23.3 Å². The molecule has 1 amide bonds. The molecule has 0 unspecified atom stereocenters. The Kier molecular flexibility index (Phi) is 4.67. The number of aromatic amines is 1. The zero-order valence-corrected chi connectivity index (χ0v) is 14.7. The maximum Gasteiger partial charge on any atom is 0.432 e. The molecule has 5 rings (SSSR count). The first-order valence-corrected chi connectivity index (χ1v) is 9.10. The summed E-state index contributed by atoms with van der Waals surface area (Å²) >= 11 is 0. The molecule has 1 N–H and O–H groups in total. The number of fused-ring (bicyclic) bond motifs is 4. The van der Waals surface area contributed by atoms with Crippen molar-refractivity contribution in [2.75, 3.05) is 19.6 Å². The Labute approximate surface area is 155 Å². The number of piperidine rings is 1. The largest absolute Gasteiger partial charge is 0.432 e. The topological polar surface area (TPSA) is 52.2 Å². The third-order valence-corrected chi connectivity index (χ3v) is 5.45. The summed E-state index contributed by atoms with van der Waals surface area (Å²) in [5.74, 6) is -0.0994. The fraction of sp³-hybridized carbons (Fsp3) is 0.474. The van der Waals surface area contributed by atoms with Gasteiger partial charge in [0.2, 0.25) is 0 Å². The van der Waals surface area contributed by atoms with E-state index < -0.39 is 17.8 Å². The molecule has 3 aliphatic heterocycles. The van der Waals surface area contributed by atoms with Crippen LogP contribution in [0.5, 0.6) is 0 Å². The zero-order valence-electron chi connectivity index (χ0n) is 14.7. The summed E-state index contributed by atoms with van der Waals surface area (Å²) in [7, 11) is 0. The number of halogens is 3. The number of nitrogens with zero attached hydrogens (tertiary/aromatic N) is 3. The normalized spacial score (nSPS) is 23.4. The van der Waals surface area contributed by atoms with Crippen LogP contribution in [0.4, 0.5) is 13.2 Å². The van der Waals surface area contributed by atoms with Crippen LogP contribution in [-0.2, 0) is 12.7 Å². The molecule has 2 aromatic rings. The molecule has 4 heterocycles. The maximum absolute atomic E-state index is 12.8. The molecule has 0 saturated carbocycles. The number of rotatable bonds is 3. The van der Waals surface area contributed by atoms with Crippen molar-refractivity contribution in [1.82, 2.24) is 20.0 Å². The highest BCUT2D eigenvalue weighted by Gasteiger charge is 2.38. The monoisotopic (exact) mass is 378 g/mol. The number of carbonyl (C=O) groups excluding carboxylic acids is 1. The number of hydrogen-bond acceptors (Lipinski definition) is 3. The smallest absolute Gasteiger partial charge is 0.335 e. The number of carbonyl (C=O) groups is 1. The molecule has 27 heavy (non-hydrogen) atoms. The summed E-state index contributed by atoms with van der Waals surface area (Å²) in [6.07, 6.45) is -2.50. The van der Waals surface area contributed by atoms with Gasteiger partial charge in [-0.15, -0.1) is 0 Å². The van der Waals surface area contributed by atoms with E-state index in [0.717, 1.165) is 32.0 Å². The van der Waals surface area contributed by atoms with E-state index >= 15 is 0 Å². The lowest BCUT2D eigenvalue weighted by Gasteiger charge is -2.36. The van der Waals surface area contributed by atoms with Gasteiger partial charge >= 0.3 is 6.18 Å². The highest BCUT2D eigenvalue weighted by atomic mass is 19.4. The summed E-state index contributed by atoms with van der Waals surface area (Å²) in [5, 5.41) is 5.52. The van der Waals surface area contributed by atoms with Crippen LogP contribution in [0.1, 0.15) is 34.6 Å². The number of benzene rings is 1. The molecule has 144 valence electrons. The van der Waals surface area contributed by atoms with Gasteiger partial charge in [-0.25, -0.2) is 0 Å². The Morgan fingerprint density at radius 3 is 2.63 bits per heavy atom. The van der Waals surface area contributed by atoms with E-state index in [2.05, 4.69) is 22.1 Å². The van der Waals surface area contributed by atoms with Crippen LogP contribution in [0.3, 0.4) is 0 Å². The van der Waals surface area contributed by atoms with Crippen molar-refractivity contribution in [3.05, 3.63) is 53.3 Å². The standard InChI is InChI=1S/C19H21F3N4O/c20-19(21,22)17-8-16(23-24-17)18(27)26-11-14-6-7-15(12-26)25(10-14)9-13-4-2-1-3-5-13/h1-5,8,14-15H,6-7,9-12H2,(H,23,24)/t14-,15-/m1/s1. The first-order valence-electron chi connectivity index (χ1n) is 9.10. The van der Waals surface area contributed by atoms with Crippen LogP contribution in [-0.4, -0.2) is 51.6 Å². The van der Waals surface area contributed by atoms with Crippen molar-refractivity contribution < 1.29 is 18.0 Å². The van der Waals surface area contributed by atoms with Gasteiger partial charge in [0.15, 0.2) is 5.69 Å². The van der Waals surface area contributed by atoms with Crippen LogP contribution >= 0.6 is 0 Å².